The van der Waals surface area contributed by atoms with Crippen molar-refractivity contribution < 1.29 is 20.1 Å². The SMILES string of the molecule is CC(C)=C[C@H](O)[C@@H](O)/C(C)=C/CCC(C)=CCC[C@]1(C)CCc2cc(O)cc(C)c2O1. The monoisotopic (exact) mass is 428 g/mol. The molecule has 1 aliphatic rings. The Labute approximate surface area is 188 Å². The van der Waals surface area contributed by atoms with Crippen molar-refractivity contribution in [2.45, 2.75) is 97.9 Å². The van der Waals surface area contributed by atoms with Crippen LogP contribution < -0.4 is 4.74 Å². The van der Waals surface area contributed by atoms with Gasteiger partial charge < -0.3 is 20.1 Å². The number of phenols is 1. The molecule has 3 N–H and O–H groups in total. The molecule has 4 nitrogen and oxygen atoms in total. The lowest BCUT2D eigenvalue weighted by Gasteiger charge is -2.36. The zero-order valence-corrected chi connectivity index (χ0v) is 20.0. The standard InChI is InChI=1S/C27H40O4/c1-18(2)15-24(29)25(30)20(4)11-7-9-19(3)10-8-13-27(6)14-12-22-17-23(28)16-21(5)26(22)31-27/h10-11,15-17,24-25,28-30H,7-9,12-14H2,1-6H3/b19-10?,20-11+/t24-,25-,27+/m0/s1. The molecule has 0 unspecified atom stereocenters. The summed E-state index contributed by atoms with van der Waals surface area (Å²) in [6.45, 7) is 12.0. The Kier molecular flexibility index (Phi) is 8.96. The van der Waals surface area contributed by atoms with E-state index in [0.29, 0.717) is 5.75 Å². The minimum Gasteiger partial charge on any atom is -0.508 e. The second-order valence-corrected chi connectivity index (χ2v) is 9.56. The number of fused-ring (bicyclic) bond motifs is 1. The van der Waals surface area contributed by atoms with E-state index in [-0.39, 0.29) is 5.60 Å². The van der Waals surface area contributed by atoms with E-state index < -0.39 is 12.2 Å². The van der Waals surface area contributed by atoms with E-state index in [0.717, 1.165) is 66.5 Å². The van der Waals surface area contributed by atoms with Crippen LogP contribution in [0.2, 0.25) is 0 Å². The fraction of sp³-hybridized carbons (Fsp3) is 0.556. The van der Waals surface area contributed by atoms with Gasteiger partial charge in [-0.25, -0.2) is 0 Å². The van der Waals surface area contributed by atoms with Gasteiger partial charge >= 0.3 is 0 Å². The van der Waals surface area contributed by atoms with Gasteiger partial charge in [-0.05, 0) is 109 Å². The van der Waals surface area contributed by atoms with Gasteiger partial charge in [-0.15, -0.1) is 0 Å². The smallest absolute Gasteiger partial charge is 0.126 e. The number of hydrogen-bond donors (Lipinski definition) is 3. The molecule has 1 aliphatic heterocycles. The van der Waals surface area contributed by atoms with Gasteiger partial charge in [0.25, 0.3) is 0 Å². The van der Waals surface area contributed by atoms with Crippen molar-refractivity contribution >= 4 is 0 Å². The van der Waals surface area contributed by atoms with Crippen molar-refractivity contribution in [3.8, 4) is 11.5 Å². The van der Waals surface area contributed by atoms with Gasteiger partial charge in [-0.3, -0.25) is 0 Å². The number of aryl methyl sites for hydroxylation is 2. The molecule has 1 heterocycles. The summed E-state index contributed by atoms with van der Waals surface area (Å²) in [6, 6.07) is 3.58. The van der Waals surface area contributed by atoms with E-state index >= 15 is 0 Å². The van der Waals surface area contributed by atoms with Gasteiger partial charge in [-0.2, -0.15) is 0 Å². The minimum atomic E-state index is -0.855. The Morgan fingerprint density at radius 1 is 1.13 bits per heavy atom. The third-order valence-corrected chi connectivity index (χ3v) is 6.07. The number of allylic oxidation sites excluding steroid dienone is 4. The number of phenolic OH excluding ortho intramolecular Hbond substituents is 1. The lowest BCUT2D eigenvalue weighted by molar-refractivity contribution is 0.0561. The van der Waals surface area contributed by atoms with Crippen molar-refractivity contribution in [1.29, 1.82) is 0 Å². The molecule has 0 amide bonds. The maximum atomic E-state index is 10.2. The molecule has 172 valence electrons. The van der Waals surface area contributed by atoms with Crippen molar-refractivity contribution in [3.63, 3.8) is 0 Å². The van der Waals surface area contributed by atoms with E-state index in [1.807, 2.05) is 39.8 Å². The topological polar surface area (TPSA) is 69.9 Å². The Hall–Kier alpha value is -2.04. The summed E-state index contributed by atoms with van der Waals surface area (Å²) in [5.41, 5.74) is 5.02. The van der Waals surface area contributed by atoms with Gasteiger partial charge in [0, 0.05) is 0 Å². The third kappa shape index (κ3) is 7.55. The molecule has 0 aliphatic carbocycles. The largest absolute Gasteiger partial charge is 0.508 e. The quantitative estimate of drug-likeness (QED) is 0.427. The number of aliphatic hydroxyl groups excluding tert-OH is 2. The predicted molar refractivity (Wildman–Crippen MR) is 128 cm³/mol. The number of aromatic hydroxyl groups is 1. The summed E-state index contributed by atoms with van der Waals surface area (Å²) in [5.74, 6) is 1.24. The summed E-state index contributed by atoms with van der Waals surface area (Å²) < 4.78 is 6.37. The highest BCUT2D eigenvalue weighted by Crippen LogP contribution is 2.39. The summed E-state index contributed by atoms with van der Waals surface area (Å²) in [7, 11) is 0. The van der Waals surface area contributed by atoms with Crippen LogP contribution in [0.1, 0.15) is 77.8 Å². The van der Waals surface area contributed by atoms with E-state index in [1.54, 1.807) is 12.1 Å². The zero-order valence-electron chi connectivity index (χ0n) is 20.0. The molecule has 0 saturated heterocycles. The molecule has 0 bridgehead atoms. The van der Waals surface area contributed by atoms with E-state index in [9.17, 15) is 15.3 Å². The summed E-state index contributed by atoms with van der Waals surface area (Å²) >= 11 is 0. The molecule has 0 aromatic heterocycles. The predicted octanol–water partition coefficient (Wildman–Crippen LogP) is 5.93. The molecule has 1 aromatic carbocycles. The first-order valence-corrected chi connectivity index (χ1v) is 11.4. The van der Waals surface area contributed by atoms with Crippen LogP contribution in [0.5, 0.6) is 11.5 Å². The van der Waals surface area contributed by atoms with Crippen LogP contribution >= 0.6 is 0 Å². The normalized spacial score (nSPS) is 21.2. The maximum Gasteiger partial charge on any atom is 0.126 e. The summed E-state index contributed by atoms with van der Waals surface area (Å²) in [5, 5.41) is 30.0. The highest BCUT2D eigenvalue weighted by molar-refractivity contribution is 5.47. The van der Waals surface area contributed by atoms with Gasteiger partial charge in [0.2, 0.25) is 0 Å². The number of hydrogen-bond acceptors (Lipinski definition) is 4. The van der Waals surface area contributed by atoms with Crippen molar-refractivity contribution in [1.82, 2.24) is 0 Å². The van der Waals surface area contributed by atoms with E-state index in [2.05, 4.69) is 19.9 Å². The van der Waals surface area contributed by atoms with Crippen LogP contribution in [0, 0.1) is 6.92 Å². The average molecular weight is 429 g/mol. The first-order chi connectivity index (χ1) is 14.5. The molecule has 0 spiro atoms. The number of aliphatic hydroxyl groups is 2. The van der Waals surface area contributed by atoms with Gasteiger partial charge in [-0.1, -0.05) is 29.4 Å². The molecule has 0 saturated carbocycles. The number of rotatable bonds is 9. The molecule has 3 atom stereocenters. The van der Waals surface area contributed by atoms with Crippen LogP contribution in [0.3, 0.4) is 0 Å². The van der Waals surface area contributed by atoms with Crippen molar-refractivity contribution in [3.05, 3.63) is 58.2 Å². The van der Waals surface area contributed by atoms with Gasteiger partial charge in [0.05, 0.1) is 0 Å². The first kappa shape index (κ1) is 25.2. The molecule has 2 rings (SSSR count). The summed E-state index contributed by atoms with van der Waals surface area (Å²) in [6.07, 6.45) is 9.84. The number of benzene rings is 1. The molecular weight excluding hydrogens is 388 g/mol. The molecule has 0 fully saturated rings. The first-order valence-electron chi connectivity index (χ1n) is 11.4. The molecule has 0 radical (unpaired) electrons. The van der Waals surface area contributed by atoms with E-state index in [4.69, 9.17) is 4.74 Å². The second kappa shape index (κ2) is 11.0. The van der Waals surface area contributed by atoms with E-state index in [1.165, 1.54) is 5.57 Å². The lowest BCUT2D eigenvalue weighted by atomic mass is 9.87. The highest BCUT2D eigenvalue weighted by Gasteiger charge is 2.32. The summed E-state index contributed by atoms with van der Waals surface area (Å²) in [4.78, 5) is 0. The van der Waals surface area contributed by atoms with Crippen LogP contribution in [0.4, 0.5) is 0 Å². The minimum absolute atomic E-state index is 0.187. The van der Waals surface area contributed by atoms with Gasteiger partial charge in [0.15, 0.2) is 0 Å². The molecular formula is C27H40O4. The average Bonchev–Trinajstić information content (AvgIpc) is 2.67. The lowest BCUT2D eigenvalue weighted by Crippen LogP contribution is -2.36. The Morgan fingerprint density at radius 2 is 1.84 bits per heavy atom. The van der Waals surface area contributed by atoms with Crippen LogP contribution in [-0.2, 0) is 6.42 Å². The third-order valence-electron chi connectivity index (χ3n) is 6.07. The molecule has 4 heteroatoms. The Morgan fingerprint density at radius 3 is 2.52 bits per heavy atom. The Balaban J connectivity index is 1.84. The van der Waals surface area contributed by atoms with Crippen LogP contribution in [-0.4, -0.2) is 33.1 Å². The second-order valence-electron chi connectivity index (χ2n) is 9.56. The van der Waals surface area contributed by atoms with Gasteiger partial charge in [0.1, 0.15) is 29.3 Å². The Bertz CT molecular complexity index is 845. The fourth-order valence-corrected chi connectivity index (χ4v) is 4.11. The zero-order chi connectivity index (χ0) is 23.2. The van der Waals surface area contributed by atoms with Crippen molar-refractivity contribution in [2.24, 2.45) is 0 Å². The van der Waals surface area contributed by atoms with Crippen molar-refractivity contribution in [2.75, 3.05) is 0 Å². The molecule has 1 aromatic rings. The maximum absolute atomic E-state index is 10.2. The van der Waals surface area contributed by atoms with Crippen LogP contribution in [0.25, 0.3) is 0 Å². The number of ether oxygens (including phenoxy) is 1. The molecule has 31 heavy (non-hydrogen) atoms. The van der Waals surface area contributed by atoms with Crippen LogP contribution in [0.15, 0.2) is 47.1 Å². The fourth-order valence-electron chi connectivity index (χ4n) is 4.11. The highest BCUT2D eigenvalue weighted by atomic mass is 16.5.